The summed E-state index contributed by atoms with van der Waals surface area (Å²) in [5.74, 6) is 0. The monoisotopic (exact) mass is 164 g/mol. The molecule has 1 N–H and O–H groups in total. The standard InChI is InChI=1S/C10H16N2/c1-3-9(4-2)12-10-6-5-7-11-8-10/h5-9,12H,3-4H2,1-2H3. The van der Waals surface area contributed by atoms with Crippen LogP contribution in [0.4, 0.5) is 5.69 Å². The normalized spacial score (nSPS) is 10.2. The van der Waals surface area contributed by atoms with Gasteiger partial charge in [-0.05, 0) is 25.0 Å². The third kappa shape index (κ3) is 2.53. The molecule has 0 radical (unpaired) electrons. The number of aromatic nitrogens is 1. The fourth-order valence-electron chi connectivity index (χ4n) is 1.18. The third-order valence-corrected chi connectivity index (χ3v) is 2.02. The van der Waals surface area contributed by atoms with Crippen LogP contribution in [0, 0.1) is 0 Å². The van der Waals surface area contributed by atoms with E-state index < -0.39 is 0 Å². The maximum atomic E-state index is 4.04. The molecule has 0 aliphatic heterocycles. The summed E-state index contributed by atoms with van der Waals surface area (Å²) in [6.45, 7) is 4.38. The van der Waals surface area contributed by atoms with Crippen LogP contribution < -0.4 is 5.32 Å². The van der Waals surface area contributed by atoms with Crippen molar-refractivity contribution in [1.82, 2.24) is 4.98 Å². The molecule has 0 saturated carbocycles. The fraction of sp³-hybridized carbons (Fsp3) is 0.500. The van der Waals surface area contributed by atoms with Gasteiger partial charge in [0.25, 0.3) is 0 Å². The zero-order valence-corrected chi connectivity index (χ0v) is 7.75. The summed E-state index contributed by atoms with van der Waals surface area (Å²) in [6.07, 6.45) is 5.97. The zero-order chi connectivity index (χ0) is 8.81. The van der Waals surface area contributed by atoms with Crippen molar-refractivity contribution >= 4 is 5.69 Å². The van der Waals surface area contributed by atoms with Gasteiger partial charge in [-0.25, -0.2) is 0 Å². The number of nitrogens with one attached hydrogen (secondary N) is 1. The molecule has 0 bridgehead atoms. The molecule has 0 aliphatic rings. The molecule has 2 nitrogen and oxygen atoms in total. The van der Waals surface area contributed by atoms with E-state index in [2.05, 4.69) is 24.1 Å². The first-order valence-electron chi connectivity index (χ1n) is 4.53. The van der Waals surface area contributed by atoms with Gasteiger partial charge in [0, 0.05) is 18.4 Å². The van der Waals surface area contributed by atoms with E-state index in [1.807, 2.05) is 18.3 Å². The summed E-state index contributed by atoms with van der Waals surface area (Å²) in [5.41, 5.74) is 1.12. The molecule has 0 saturated heterocycles. The summed E-state index contributed by atoms with van der Waals surface area (Å²) in [7, 11) is 0. The first-order chi connectivity index (χ1) is 5.86. The van der Waals surface area contributed by atoms with Crippen LogP contribution in [-0.4, -0.2) is 11.0 Å². The lowest BCUT2D eigenvalue weighted by Crippen LogP contribution is -2.16. The van der Waals surface area contributed by atoms with E-state index >= 15 is 0 Å². The highest BCUT2D eigenvalue weighted by Crippen LogP contribution is 2.08. The lowest BCUT2D eigenvalue weighted by molar-refractivity contribution is 0.671. The fourth-order valence-corrected chi connectivity index (χ4v) is 1.18. The lowest BCUT2D eigenvalue weighted by atomic mass is 10.1. The van der Waals surface area contributed by atoms with Crippen molar-refractivity contribution in [2.24, 2.45) is 0 Å². The maximum Gasteiger partial charge on any atom is 0.0528 e. The molecule has 0 spiro atoms. The van der Waals surface area contributed by atoms with Gasteiger partial charge in [-0.3, -0.25) is 4.98 Å². The van der Waals surface area contributed by atoms with Gasteiger partial charge in [-0.15, -0.1) is 0 Å². The lowest BCUT2D eigenvalue weighted by Gasteiger charge is -2.15. The van der Waals surface area contributed by atoms with E-state index in [4.69, 9.17) is 0 Å². The minimum Gasteiger partial charge on any atom is -0.381 e. The summed E-state index contributed by atoms with van der Waals surface area (Å²) >= 11 is 0. The number of nitrogens with zero attached hydrogens (tertiary/aromatic N) is 1. The molecule has 2 heteroatoms. The van der Waals surface area contributed by atoms with Gasteiger partial charge in [0.2, 0.25) is 0 Å². The molecule has 0 aromatic carbocycles. The first kappa shape index (κ1) is 9.04. The van der Waals surface area contributed by atoms with Crippen LogP contribution in [0.1, 0.15) is 26.7 Å². The summed E-state index contributed by atoms with van der Waals surface area (Å²) in [5, 5.41) is 3.42. The number of rotatable bonds is 4. The quantitative estimate of drug-likeness (QED) is 0.740. The van der Waals surface area contributed by atoms with E-state index in [1.165, 1.54) is 0 Å². The summed E-state index contributed by atoms with van der Waals surface area (Å²) in [4.78, 5) is 4.04. The van der Waals surface area contributed by atoms with Crippen LogP contribution in [0.25, 0.3) is 0 Å². The average molecular weight is 164 g/mol. The van der Waals surface area contributed by atoms with Gasteiger partial charge >= 0.3 is 0 Å². The van der Waals surface area contributed by atoms with Crippen molar-refractivity contribution in [2.45, 2.75) is 32.7 Å². The molecule has 1 heterocycles. The molecule has 1 aromatic rings. The Balaban J connectivity index is 2.51. The van der Waals surface area contributed by atoms with Crippen molar-refractivity contribution < 1.29 is 0 Å². The van der Waals surface area contributed by atoms with Crippen molar-refractivity contribution in [3.63, 3.8) is 0 Å². The van der Waals surface area contributed by atoms with Crippen molar-refractivity contribution in [1.29, 1.82) is 0 Å². The molecule has 0 atom stereocenters. The van der Waals surface area contributed by atoms with Gasteiger partial charge in [-0.1, -0.05) is 13.8 Å². The summed E-state index contributed by atoms with van der Waals surface area (Å²) < 4.78 is 0. The second kappa shape index (κ2) is 4.75. The molecule has 0 fully saturated rings. The van der Waals surface area contributed by atoms with Crippen molar-refractivity contribution in [3.05, 3.63) is 24.5 Å². The number of pyridine rings is 1. The molecule has 1 aromatic heterocycles. The maximum absolute atomic E-state index is 4.04. The average Bonchev–Trinajstić information content (AvgIpc) is 2.16. The second-order valence-electron chi connectivity index (χ2n) is 2.90. The smallest absolute Gasteiger partial charge is 0.0528 e. The molecule has 0 amide bonds. The van der Waals surface area contributed by atoms with Gasteiger partial charge < -0.3 is 5.32 Å². The molecule has 1 rings (SSSR count). The highest BCUT2D eigenvalue weighted by Gasteiger charge is 2.01. The Labute approximate surface area is 74.0 Å². The van der Waals surface area contributed by atoms with Crippen molar-refractivity contribution in [2.75, 3.05) is 5.32 Å². The summed E-state index contributed by atoms with van der Waals surface area (Å²) in [6, 6.07) is 4.57. The van der Waals surface area contributed by atoms with Crippen LogP contribution in [0.2, 0.25) is 0 Å². The van der Waals surface area contributed by atoms with Crippen LogP contribution in [-0.2, 0) is 0 Å². The number of hydrogen-bond acceptors (Lipinski definition) is 2. The van der Waals surface area contributed by atoms with Crippen LogP contribution in [0.5, 0.6) is 0 Å². The minimum absolute atomic E-state index is 0.578. The largest absolute Gasteiger partial charge is 0.381 e. The molecule has 66 valence electrons. The predicted octanol–water partition coefficient (Wildman–Crippen LogP) is 2.68. The number of anilines is 1. The van der Waals surface area contributed by atoms with Gasteiger partial charge in [0.1, 0.15) is 0 Å². The van der Waals surface area contributed by atoms with E-state index in [0.29, 0.717) is 6.04 Å². The second-order valence-corrected chi connectivity index (χ2v) is 2.90. The van der Waals surface area contributed by atoms with E-state index in [-0.39, 0.29) is 0 Å². The van der Waals surface area contributed by atoms with E-state index in [9.17, 15) is 0 Å². The van der Waals surface area contributed by atoms with Gasteiger partial charge in [-0.2, -0.15) is 0 Å². The first-order valence-corrected chi connectivity index (χ1v) is 4.53. The highest BCUT2D eigenvalue weighted by atomic mass is 14.9. The Kier molecular flexibility index (Phi) is 3.58. The van der Waals surface area contributed by atoms with Gasteiger partial charge in [0.15, 0.2) is 0 Å². The van der Waals surface area contributed by atoms with Crippen LogP contribution in [0.15, 0.2) is 24.5 Å². The van der Waals surface area contributed by atoms with E-state index in [1.54, 1.807) is 6.20 Å². The predicted molar refractivity (Wildman–Crippen MR) is 52.2 cm³/mol. The highest BCUT2D eigenvalue weighted by molar-refractivity contribution is 5.40. The Morgan fingerprint density at radius 1 is 1.42 bits per heavy atom. The Morgan fingerprint density at radius 3 is 2.67 bits per heavy atom. The zero-order valence-electron chi connectivity index (χ0n) is 7.75. The third-order valence-electron chi connectivity index (χ3n) is 2.02. The SMILES string of the molecule is CCC(CC)Nc1cccnc1. The van der Waals surface area contributed by atoms with E-state index in [0.717, 1.165) is 18.5 Å². The topological polar surface area (TPSA) is 24.9 Å². The molecule has 12 heavy (non-hydrogen) atoms. The molecular weight excluding hydrogens is 148 g/mol. The Hall–Kier alpha value is -1.05. The Bertz CT molecular complexity index is 204. The van der Waals surface area contributed by atoms with Crippen LogP contribution in [0.3, 0.4) is 0 Å². The molecular formula is C10H16N2. The molecule has 0 aliphatic carbocycles. The van der Waals surface area contributed by atoms with Gasteiger partial charge in [0.05, 0.1) is 5.69 Å². The minimum atomic E-state index is 0.578. The van der Waals surface area contributed by atoms with Crippen molar-refractivity contribution in [3.8, 4) is 0 Å². The van der Waals surface area contributed by atoms with Crippen LogP contribution >= 0.6 is 0 Å². The number of hydrogen-bond donors (Lipinski definition) is 1. The molecule has 0 unspecified atom stereocenters. The Morgan fingerprint density at radius 2 is 2.17 bits per heavy atom.